The highest BCUT2D eigenvalue weighted by Gasteiger charge is 2.23. The minimum absolute atomic E-state index is 0.0208. The Labute approximate surface area is 129 Å². The highest BCUT2D eigenvalue weighted by atomic mass is 32.2. The lowest BCUT2D eigenvalue weighted by atomic mass is 10.3. The van der Waals surface area contributed by atoms with Gasteiger partial charge in [-0.15, -0.1) is 11.3 Å². The van der Waals surface area contributed by atoms with Crippen LogP contribution in [0.5, 0.6) is 0 Å². The number of hydrogen-bond donors (Lipinski definition) is 3. The van der Waals surface area contributed by atoms with Gasteiger partial charge in [-0.05, 0) is 24.4 Å². The van der Waals surface area contributed by atoms with Gasteiger partial charge in [-0.3, -0.25) is 10.1 Å². The zero-order chi connectivity index (χ0) is 14.1. The molecule has 106 valence electrons. The maximum absolute atomic E-state index is 11.5. The van der Waals surface area contributed by atoms with E-state index in [-0.39, 0.29) is 17.6 Å². The zero-order valence-electron chi connectivity index (χ0n) is 10.5. The van der Waals surface area contributed by atoms with Crippen molar-refractivity contribution in [2.24, 2.45) is 5.73 Å². The number of nitrogens with two attached hydrogens (primary N) is 1. The van der Waals surface area contributed by atoms with Crippen molar-refractivity contribution in [1.29, 1.82) is 0 Å². The second-order valence-corrected chi connectivity index (χ2v) is 7.22. The average Bonchev–Trinajstić information content (AvgIpc) is 2.71. The molecule has 1 aliphatic rings. The molecule has 0 aliphatic carbocycles. The van der Waals surface area contributed by atoms with Crippen molar-refractivity contribution in [2.75, 3.05) is 0 Å². The van der Waals surface area contributed by atoms with Crippen LogP contribution in [-0.4, -0.2) is 22.1 Å². The normalized spacial score (nSPS) is 22.9. The molecule has 1 amide bonds. The number of nitrogens with zero attached hydrogens (tertiary/aromatic N) is 1. The topological polar surface area (TPSA) is 72.1 Å². The fraction of sp³-hybridized carbons (Fsp3) is 0.333. The third-order valence-corrected chi connectivity index (χ3v) is 5.43. The zero-order valence-corrected chi connectivity index (χ0v) is 13.0. The van der Waals surface area contributed by atoms with Crippen molar-refractivity contribution < 1.29 is 4.79 Å². The molecule has 0 bridgehead atoms. The summed E-state index contributed by atoms with van der Waals surface area (Å²) >= 11 is 8.57. The van der Waals surface area contributed by atoms with Gasteiger partial charge < -0.3 is 15.6 Å². The number of amides is 1. The van der Waals surface area contributed by atoms with Crippen LogP contribution in [0.2, 0.25) is 0 Å². The van der Waals surface area contributed by atoms with Crippen LogP contribution in [0.1, 0.15) is 6.42 Å². The summed E-state index contributed by atoms with van der Waals surface area (Å²) in [6, 6.07) is 8.13. The molecular weight excluding hydrogens is 312 g/mol. The Balaban J connectivity index is 1.75. The van der Waals surface area contributed by atoms with Crippen molar-refractivity contribution in [1.82, 2.24) is 15.2 Å². The van der Waals surface area contributed by atoms with Gasteiger partial charge in [-0.25, -0.2) is 0 Å². The van der Waals surface area contributed by atoms with Crippen LogP contribution in [0.4, 0.5) is 0 Å². The summed E-state index contributed by atoms with van der Waals surface area (Å²) in [4.78, 5) is 11.5. The fourth-order valence-corrected chi connectivity index (χ4v) is 4.61. The number of benzene rings is 1. The van der Waals surface area contributed by atoms with Crippen molar-refractivity contribution >= 4 is 51.4 Å². The van der Waals surface area contributed by atoms with Crippen LogP contribution < -0.4 is 16.4 Å². The SMILES string of the molecule is NC1CC(=O)NC(SCn2c(=S)sc3ccccc32)N1. The van der Waals surface area contributed by atoms with E-state index >= 15 is 0 Å². The summed E-state index contributed by atoms with van der Waals surface area (Å²) in [5, 5.41) is 6.01. The first-order valence-electron chi connectivity index (χ1n) is 6.14. The molecule has 2 unspecified atom stereocenters. The molecule has 2 aromatic rings. The number of fused-ring (bicyclic) bond motifs is 1. The number of thioether (sulfide) groups is 1. The van der Waals surface area contributed by atoms with Gasteiger partial charge in [0.15, 0.2) is 3.95 Å². The van der Waals surface area contributed by atoms with Crippen molar-refractivity contribution in [3.63, 3.8) is 0 Å². The summed E-state index contributed by atoms with van der Waals surface area (Å²) in [6.07, 6.45) is 0.0335. The molecule has 4 N–H and O–H groups in total. The lowest BCUT2D eigenvalue weighted by Gasteiger charge is -2.28. The van der Waals surface area contributed by atoms with Crippen LogP contribution in [0.3, 0.4) is 0 Å². The fourth-order valence-electron chi connectivity index (χ4n) is 2.07. The summed E-state index contributed by atoms with van der Waals surface area (Å²) < 4.78 is 4.09. The molecule has 5 nitrogen and oxygen atoms in total. The van der Waals surface area contributed by atoms with E-state index in [1.54, 1.807) is 23.1 Å². The molecule has 1 aromatic heterocycles. The van der Waals surface area contributed by atoms with E-state index in [0.29, 0.717) is 12.3 Å². The van der Waals surface area contributed by atoms with Gasteiger partial charge in [-0.1, -0.05) is 23.9 Å². The molecule has 0 spiro atoms. The van der Waals surface area contributed by atoms with Crippen LogP contribution >= 0.6 is 35.3 Å². The highest BCUT2D eigenvalue weighted by molar-refractivity contribution is 7.98. The average molecular weight is 326 g/mol. The summed E-state index contributed by atoms with van der Waals surface area (Å²) in [5.41, 5.74) is 6.73. The van der Waals surface area contributed by atoms with E-state index in [4.69, 9.17) is 18.0 Å². The molecule has 2 atom stereocenters. The van der Waals surface area contributed by atoms with E-state index in [1.807, 2.05) is 12.1 Å². The van der Waals surface area contributed by atoms with Gasteiger partial charge in [-0.2, -0.15) is 0 Å². The number of carbonyl (C=O) groups is 1. The number of thiazole rings is 1. The Hall–Kier alpha value is -0.930. The first-order valence-corrected chi connectivity index (χ1v) is 8.42. The third kappa shape index (κ3) is 2.89. The van der Waals surface area contributed by atoms with Crippen LogP contribution in [-0.2, 0) is 10.7 Å². The molecule has 3 rings (SSSR count). The Morgan fingerprint density at radius 3 is 3.10 bits per heavy atom. The van der Waals surface area contributed by atoms with E-state index in [0.717, 1.165) is 9.47 Å². The first kappa shape index (κ1) is 14.0. The minimum Gasteiger partial charge on any atom is -0.332 e. The quantitative estimate of drug-likeness (QED) is 0.750. The Bertz CT molecular complexity index is 695. The standard InChI is InChI=1S/C12H14N4OS3/c13-9-5-10(17)15-11(14-9)19-6-16-7-3-1-2-4-8(7)20-12(16)18/h1-4,9,11,14H,5-6,13H2,(H,15,17). The van der Waals surface area contributed by atoms with Gasteiger partial charge in [0.25, 0.3) is 0 Å². The smallest absolute Gasteiger partial charge is 0.224 e. The van der Waals surface area contributed by atoms with Crippen LogP contribution in [0, 0.1) is 3.95 Å². The van der Waals surface area contributed by atoms with Crippen molar-refractivity contribution in [2.45, 2.75) is 24.0 Å². The number of hydrogen-bond acceptors (Lipinski definition) is 6. The maximum atomic E-state index is 11.5. The van der Waals surface area contributed by atoms with Gasteiger partial charge in [0.2, 0.25) is 5.91 Å². The Morgan fingerprint density at radius 2 is 2.30 bits per heavy atom. The van der Waals surface area contributed by atoms with Gasteiger partial charge in [0.05, 0.1) is 28.7 Å². The van der Waals surface area contributed by atoms with Gasteiger partial charge in [0.1, 0.15) is 5.50 Å². The monoisotopic (exact) mass is 326 g/mol. The molecule has 0 radical (unpaired) electrons. The van der Waals surface area contributed by atoms with E-state index in [1.165, 1.54) is 4.70 Å². The summed E-state index contributed by atoms with van der Waals surface area (Å²) in [7, 11) is 0. The van der Waals surface area contributed by atoms with E-state index in [2.05, 4.69) is 27.3 Å². The van der Waals surface area contributed by atoms with E-state index < -0.39 is 0 Å². The predicted octanol–water partition coefficient (Wildman–Crippen LogP) is 1.80. The molecule has 0 saturated carbocycles. The largest absolute Gasteiger partial charge is 0.332 e. The first-order chi connectivity index (χ1) is 9.63. The number of carbonyl (C=O) groups excluding carboxylic acids is 1. The molecule has 1 aliphatic heterocycles. The molecule has 20 heavy (non-hydrogen) atoms. The van der Waals surface area contributed by atoms with Gasteiger partial charge >= 0.3 is 0 Å². The summed E-state index contributed by atoms with van der Waals surface area (Å²) in [6.45, 7) is 0. The number of nitrogens with one attached hydrogen (secondary N) is 2. The van der Waals surface area contributed by atoms with Crippen molar-refractivity contribution in [3.05, 3.63) is 28.2 Å². The molecule has 1 fully saturated rings. The van der Waals surface area contributed by atoms with Gasteiger partial charge in [0, 0.05) is 0 Å². The minimum atomic E-state index is -0.284. The molecule has 1 aromatic carbocycles. The lowest BCUT2D eigenvalue weighted by molar-refractivity contribution is -0.123. The number of aromatic nitrogens is 1. The number of rotatable bonds is 3. The van der Waals surface area contributed by atoms with Crippen LogP contribution in [0.15, 0.2) is 24.3 Å². The molecule has 8 heteroatoms. The Kier molecular flexibility index (Phi) is 4.08. The number of para-hydroxylation sites is 1. The lowest BCUT2D eigenvalue weighted by Crippen LogP contribution is -2.58. The second kappa shape index (κ2) is 5.82. The van der Waals surface area contributed by atoms with Crippen molar-refractivity contribution in [3.8, 4) is 0 Å². The third-order valence-electron chi connectivity index (χ3n) is 3.01. The maximum Gasteiger partial charge on any atom is 0.224 e. The van der Waals surface area contributed by atoms with E-state index in [9.17, 15) is 4.79 Å². The molecule has 2 heterocycles. The molecule has 1 saturated heterocycles. The Morgan fingerprint density at radius 1 is 1.50 bits per heavy atom. The summed E-state index contributed by atoms with van der Waals surface area (Å²) in [5.74, 6) is 0.653. The highest BCUT2D eigenvalue weighted by Crippen LogP contribution is 2.25. The second-order valence-electron chi connectivity index (χ2n) is 4.48. The van der Waals surface area contributed by atoms with Crippen LogP contribution in [0.25, 0.3) is 10.2 Å². The predicted molar refractivity (Wildman–Crippen MR) is 85.9 cm³/mol. The molecular formula is C12H14N4OS3.